The van der Waals surface area contributed by atoms with E-state index in [2.05, 4.69) is 0 Å². The summed E-state index contributed by atoms with van der Waals surface area (Å²) in [5, 5.41) is 0. The molecule has 4 rings (SSSR count). The second kappa shape index (κ2) is 6.86. The summed E-state index contributed by atoms with van der Waals surface area (Å²) in [6.45, 7) is 1.53. The molecule has 2 aliphatic heterocycles. The number of nitrogens with zero attached hydrogens (tertiary/aromatic N) is 1. The Balaban J connectivity index is 1.58. The first-order valence-electron chi connectivity index (χ1n) is 8.31. The summed E-state index contributed by atoms with van der Waals surface area (Å²) in [4.78, 5) is 0.154. The fourth-order valence-corrected chi connectivity index (χ4v) is 4.50. The maximum absolute atomic E-state index is 13.1. The van der Waals surface area contributed by atoms with Crippen LogP contribution in [-0.4, -0.2) is 45.6 Å². The van der Waals surface area contributed by atoms with Crippen molar-refractivity contribution in [2.45, 2.75) is 11.0 Å². The molecule has 1 saturated heterocycles. The van der Waals surface area contributed by atoms with Crippen molar-refractivity contribution >= 4 is 10.0 Å². The molecule has 0 spiro atoms. The van der Waals surface area contributed by atoms with Gasteiger partial charge >= 0.3 is 0 Å². The standard InChI is InChI=1S/C18H18FNO5S/c19-14-3-1-13(2-4-14)18-12-20(7-8-23-18)26(21,22)15-5-6-16-17(11-15)25-10-9-24-16/h1-6,11,18H,7-10,12H2. The Hall–Kier alpha value is -2.16. The number of halogens is 1. The highest BCUT2D eigenvalue weighted by atomic mass is 32.2. The molecule has 2 aromatic carbocycles. The Bertz CT molecular complexity index is 900. The zero-order valence-electron chi connectivity index (χ0n) is 13.9. The average molecular weight is 379 g/mol. The molecule has 2 aliphatic rings. The van der Waals surface area contributed by atoms with Crippen LogP contribution in [-0.2, 0) is 14.8 Å². The molecule has 1 unspecified atom stereocenters. The minimum atomic E-state index is -3.70. The third-order valence-corrected chi connectivity index (χ3v) is 6.28. The lowest BCUT2D eigenvalue weighted by Gasteiger charge is -2.32. The maximum atomic E-state index is 13.1. The van der Waals surface area contributed by atoms with Crippen LogP contribution in [0.25, 0.3) is 0 Å². The molecule has 0 N–H and O–H groups in total. The van der Waals surface area contributed by atoms with Gasteiger partial charge in [-0.25, -0.2) is 12.8 Å². The van der Waals surface area contributed by atoms with Crippen LogP contribution in [0.1, 0.15) is 11.7 Å². The molecule has 2 aromatic rings. The highest BCUT2D eigenvalue weighted by Crippen LogP contribution is 2.34. The number of hydrogen-bond donors (Lipinski definition) is 0. The third kappa shape index (κ3) is 3.27. The monoisotopic (exact) mass is 379 g/mol. The smallest absolute Gasteiger partial charge is 0.243 e. The van der Waals surface area contributed by atoms with Crippen LogP contribution >= 0.6 is 0 Å². The molecule has 0 aliphatic carbocycles. The summed E-state index contributed by atoms with van der Waals surface area (Å²) in [5.41, 5.74) is 0.744. The van der Waals surface area contributed by atoms with Gasteiger partial charge in [-0.15, -0.1) is 0 Å². The minimum absolute atomic E-state index is 0.154. The van der Waals surface area contributed by atoms with Crippen molar-refractivity contribution in [3.63, 3.8) is 0 Å². The van der Waals surface area contributed by atoms with Crippen LogP contribution in [0.4, 0.5) is 4.39 Å². The van der Waals surface area contributed by atoms with Crippen LogP contribution in [0.3, 0.4) is 0 Å². The van der Waals surface area contributed by atoms with Gasteiger partial charge in [0.05, 0.1) is 17.6 Å². The van der Waals surface area contributed by atoms with Crippen molar-refractivity contribution in [3.05, 3.63) is 53.8 Å². The number of fused-ring (bicyclic) bond motifs is 1. The minimum Gasteiger partial charge on any atom is -0.486 e. The molecule has 2 heterocycles. The molecule has 26 heavy (non-hydrogen) atoms. The molecule has 1 atom stereocenters. The highest BCUT2D eigenvalue weighted by molar-refractivity contribution is 7.89. The predicted octanol–water partition coefficient (Wildman–Crippen LogP) is 2.36. The van der Waals surface area contributed by atoms with E-state index in [0.717, 1.165) is 5.56 Å². The van der Waals surface area contributed by atoms with Crippen molar-refractivity contribution in [3.8, 4) is 11.5 Å². The number of benzene rings is 2. The second-order valence-electron chi connectivity index (χ2n) is 6.08. The van der Waals surface area contributed by atoms with Gasteiger partial charge < -0.3 is 14.2 Å². The summed E-state index contributed by atoms with van der Waals surface area (Å²) >= 11 is 0. The van der Waals surface area contributed by atoms with E-state index >= 15 is 0 Å². The van der Waals surface area contributed by atoms with Gasteiger partial charge in [0.15, 0.2) is 11.5 Å². The molecule has 0 amide bonds. The van der Waals surface area contributed by atoms with Crippen molar-refractivity contribution in [2.75, 3.05) is 32.9 Å². The molecule has 8 heteroatoms. The third-order valence-electron chi connectivity index (χ3n) is 4.42. The van der Waals surface area contributed by atoms with Crippen molar-refractivity contribution in [1.82, 2.24) is 4.31 Å². The fraction of sp³-hybridized carbons (Fsp3) is 0.333. The summed E-state index contributed by atoms with van der Waals surface area (Å²) in [5.74, 6) is 0.632. The quantitative estimate of drug-likeness (QED) is 0.819. The molecule has 0 radical (unpaired) electrons. The average Bonchev–Trinajstić information content (AvgIpc) is 2.68. The maximum Gasteiger partial charge on any atom is 0.243 e. The largest absolute Gasteiger partial charge is 0.486 e. The molecule has 6 nitrogen and oxygen atoms in total. The highest BCUT2D eigenvalue weighted by Gasteiger charge is 2.32. The van der Waals surface area contributed by atoms with Crippen LogP contribution in [0.5, 0.6) is 11.5 Å². The topological polar surface area (TPSA) is 65.1 Å². The van der Waals surface area contributed by atoms with E-state index in [1.54, 1.807) is 18.2 Å². The summed E-state index contributed by atoms with van der Waals surface area (Å²) in [6.07, 6.45) is -0.434. The predicted molar refractivity (Wildman–Crippen MR) is 91.3 cm³/mol. The van der Waals surface area contributed by atoms with Gasteiger partial charge in [0, 0.05) is 19.2 Å². The summed E-state index contributed by atoms with van der Waals surface area (Å²) in [6, 6.07) is 10.5. The summed E-state index contributed by atoms with van der Waals surface area (Å²) < 4.78 is 57.1. The fourth-order valence-electron chi connectivity index (χ4n) is 3.06. The van der Waals surface area contributed by atoms with E-state index in [-0.39, 0.29) is 30.4 Å². The number of sulfonamides is 1. The Labute approximate surface area is 151 Å². The first-order chi connectivity index (χ1) is 12.5. The lowest BCUT2D eigenvalue weighted by atomic mass is 10.1. The molecule has 0 bridgehead atoms. The van der Waals surface area contributed by atoms with Gasteiger partial charge in [-0.05, 0) is 29.8 Å². The van der Waals surface area contributed by atoms with Gasteiger partial charge in [0.2, 0.25) is 10.0 Å². The van der Waals surface area contributed by atoms with Gasteiger partial charge in [0.25, 0.3) is 0 Å². The van der Waals surface area contributed by atoms with E-state index in [4.69, 9.17) is 14.2 Å². The van der Waals surface area contributed by atoms with Crippen molar-refractivity contribution in [1.29, 1.82) is 0 Å². The number of rotatable bonds is 3. The first-order valence-corrected chi connectivity index (χ1v) is 9.75. The zero-order chi connectivity index (χ0) is 18.1. The molecule has 0 aromatic heterocycles. The Kier molecular flexibility index (Phi) is 4.56. The Morgan fingerprint density at radius 2 is 1.69 bits per heavy atom. The van der Waals surface area contributed by atoms with Gasteiger partial charge in [-0.2, -0.15) is 4.31 Å². The van der Waals surface area contributed by atoms with Crippen LogP contribution < -0.4 is 9.47 Å². The van der Waals surface area contributed by atoms with Crippen LogP contribution in [0.2, 0.25) is 0 Å². The number of ether oxygens (including phenoxy) is 3. The van der Waals surface area contributed by atoms with Crippen molar-refractivity contribution in [2.24, 2.45) is 0 Å². The molecule has 0 saturated carbocycles. The molecular formula is C18H18FNO5S. The van der Waals surface area contributed by atoms with Crippen LogP contribution in [0.15, 0.2) is 47.4 Å². The normalized spacial score (nSPS) is 20.7. The second-order valence-corrected chi connectivity index (χ2v) is 8.02. The first kappa shape index (κ1) is 17.3. The van der Waals surface area contributed by atoms with Gasteiger partial charge in [0.1, 0.15) is 19.0 Å². The Morgan fingerprint density at radius 3 is 2.46 bits per heavy atom. The lowest BCUT2D eigenvalue weighted by Crippen LogP contribution is -2.42. The van der Waals surface area contributed by atoms with Gasteiger partial charge in [-0.3, -0.25) is 0 Å². The molecule has 1 fully saturated rings. The SMILES string of the molecule is O=S(=O)(c1ccc2c(c1)OCCO2)N1CCOC(c2ccc(F)cc2)C1. The van der Waals surface area contributed by atoms with E-state index in [0.29, 0.717) is 24.7 Å². The Morgan fingerprint density at radius 1 is 0.962 bits per heavy atom. The number of morpholine rings is 1. The lowest BCUT2D eigenvalue weighted by molar-refractivity contribution is -0.00259. The van der Waals surface area contributed by atoms with Crippen molar-refractivity contribution < 1.29 is 27.0 Å². The summed E-state index contributed by atoms with van der Waals surface area (Å²) in [7, 11) is -3.70. The molecular weight excluding hydrogens is 361 g/mol. The molecule has 138 valence electrons. The van der Waals surface area contributed by atoms with E-state index in [1.807, 2.05) is 0 Å². The van der Waals surface area contributed by atoms with E-state index in [1.165, 1.54) is 28.6 Å². The van der Waals surface area contributed by atoms with Crippen LogP contribution in [0, 0.1) is 5.82 Å². The van der Waals surface area contributed by atoms with E-state index < -0.39 is 16.1 Å². The van der Waals surface area contributed by atoms with E-state index in [9.17, 15) is 12.8 Å². The van der Waals surface area contributed by atoms with Gasteiger partial charge in [-0.1, -0.05) is 12.1 Å². The number of hydrogen-bond acceptors (Lipinski definition) is 5. The zero-order valence-corrected chi connectivity index (χ0v) is 14.7.